The van der Waals surface area contributed by atoms with Crippen molar-refractivity contribution in [3.8, 4) is 0 Å². The Hall–Kier alpha value is -2.11. The van der Waals surface area contributed by atoms with E-state index in [0.717, 1.165) is 5.69 Å². The van der Waals surface area contributed by atoms with Crippen LogP contribution in [0.5, 0.6) is 0 Å². The number of carboxylic acid groups (broad SMARTS) is 1. The monoisotopic (exact) mass is 251 g/mol. The molecule has 0 aliphatic rings. The molecule has 1 heterocycles. The maximum Gasteiger partial charge on any atom is 0.326 e. The van der Waals surface area contributed by atoms with Crippen molar-refractivity contribution < 1.29 is 14.7 Å². The Balaban J connectivity index is 2.58. The highest BCUT2D eigenvalue weighted by Crippen LogP contribution is 2.00. The molecular weight excluding hydrogens is 234 g/mol. The summed E-state index contributed by atoms with van der Waals surface area (Å²) in [7, 11) is 1.76. The number of nitrogens with one attached hydrogen (secondary N) is 1. The largest absolute Gasteiger partial charge is 0.480 e. The Morgan fingerprint density at radius 3 is 2.83 bits per heavy atom. The second-order valence-corrected chi connectivity index (χ2v) is 3.90. The van der Waals surface area contributed by atoms with Crippen molar-refractivity contribution in [1.82, 2.24) is 15.1 Å². The van der Waals surface area contributed by atoms with Gasteiger partial charge in [-0.1, -0.05) is 13.3 Å². The van der Waals surface area contributed by atoms with E-state index in [0.29, 0.717) is 12.8 Å². The number of aryl methyl sites for hydroxylation is 1. The number of nitrogens with zero attached hydrogens (tertiary/aromatic N) is 2. The van der Waals surface area contributed by atoms with Crippen molar-refractivity contribution in [2.24, 2.45) is 7.05 Å². The second-order valence-electron chi connectivity index (χ2n) is 3.90. The lowest BCUT2D eigenvalue weighted by Gasteiger charge is -2.11. The van der Waals surface area contributed by atoms with E-state index in [2.05, 4.69) is 10.4 Å². The molecule has 0 aliphatic carbocycles. The van der Waals surface area contributed by atoms with Crippen LogP contribution < -0.4 is 5.32 Å². The normalized spacial score (nSPS) is 12.6. The zero-order chi connectivity index (χ0) is 13.5. The third-order valence-electron chi connectivity index (χ3n) is 2.46. The molecule has 18 heavy (non-hydrogen) atoms. The van der Waals surface area contributed by atoms with Crippen LogP contribution in [0.1, 0.15) is 25.5 Å². The Labute approximate surface area is 105 Å². The maximum atomic E-state index is 11.5. The molecule has 0 unspecified atom stereocenters. The number of hydrogen-bond donors (Lipinski definition) is 2. The molecule has 1 atom stereocenters. The molecule has 1 amide bonds. The summed E-state index contributed by atoms with van der Waals surface area (Å²) < 4.78 is 1.62. The number of amides is 1. The van der Waals surface area contributed by atoms with Crippen molar-refractivity contribution in [1.29, 1.82) is 0 Å². The van der Waals surface area contributed by atoms with Crippen LogP contribution in [-0.2, 0) is 16.6 Å². The molecule has 6 heteroatoms. The average molecular weight is 251 g/mol. The van der Waals surface area contributed by atoms with E-state index in [9.17, 15) is 9.59 Å². The van der Waals surface area contributed by atoms with Gasteiger partial charge in [-0.15, -0.1) is 0 Å². The highest BCUT2D eigenvalue weighted by atomic mass is 16.4. The first-order valence-electron chi connectivity index (χ1n) is 5.74. The van der Waals surface area contributed by atoms with E-state index < -0.39 is 17.9 Å². The second kappa shape index (κ2) is 6.58. The summed E-state index contributed by atoms with van der Waals surface area (Å²) in [6.07, 6.45) is 5.63. The molecule has 0 radical (unpaired) electrons. The molecule has 0 bridgehead atoms. The molecule has 1 aromatic rings. The lowest BCUT2D eigenvalue weighted by atomic mass is 10.1. The molecule has 1 aromatic heterocycles. The predicted octanol–water partition coefficient (Wildman–Crippen LogP) is 0.803. The minimum Gasteiger partial charge on any atom is -0.480 e. The fourth-order valence-electron chi connectivity index (χ4n) is 1.47. The van der Waals surface area contributed by atoms with E-state index in [4.69, 9.17) is 5.11 Å². The van der Waals surface area contributed by atoms with Gasteiger partial charge < -0.3 is 10.4 Å². The van der Waals surface area contributed by atoms with Crippen LogP contribution in [0.15, 0.2) is 18.3 Å². The van der Waals surface area contributed by atoms with Gasteiger partial charge in [0.25, 0.3) is 0 Å². The fourth-order valence-corrected chi connectivity index (χ4v) is 1.47. The number of carboxylic acids is 1. The van der Waals surface area contributed by atoms with Crippen LogP contribution in [0, 0.1) is 0 Å². The molecule has 1 rings (SSSR count). The van der Waals surface area contributed by atoms with Gasteiger partial charge in [0.2, 0.25) is 5.91 Å². The van der Waals surface area contributed by atoms with E-state index in [1.807, 2.05) is 6.92 Å². The zero-order valence-corrected chi connectivity index (χ0v) is 10.5. The van der Waals surface area contributed by atoms with Crippen LogP contribution in [0.4, 0.5) is 0 Å². The highest BCUT2D eigenvalue weighted by molar-refractivity contribution is 5.94. The Morgan fingerprint density at radius 1 is 1.61 bits per heavy atom. The van der Waals surface area contributed by atoms with Gasteiger partial charge in [0.05, 0.1) is 5.69 Å². The van der Waals surface area contributed by atoms with Crippen molar-refractivity contribution >= 4 is 18.0 Å². The van der Waals surface area contributed by atoms with Gasteiger partial charge >= 0.3 is 5.97 Å². The molecular formula is C12H17N3O3. The molecule has 98 valence electrons. The summed E-state index contributed by atoms with van der Waals surface area (Å²) >= 11 is 0. The van der Waals surface area contributed by atoms with E-state index in [1.165, 1.54) is 6.08 Å². The summed E-state index contributed by atoms with van der Waals surface area (Å²) in [6, 6.07) is 0.920. The van der Waals surface area contributed by atoms with E-state index in [1.54, 1.807) is 30.1 Å². The summed E-state index contributed by atoms with van der Waals surface area (Å²) in [6.45, 7) is 1.87. The van der Waals surface area contributed by atoms with Crippen molar-refractivity contribution in [2.45, 2.75) is 25.8 Å². The van der Waals surface area contributed by atoms with Gasteiger partial charge in [0.1, 0.15) is 6.04 Å². The molecule has 0 saturated heterocycles. The minimum absolute atomic E-state index is 0.417. The smallest absolute Gasteiger partial charge is 0.326 e. The first kappa shape index (κ1) is 14.0. The van der Waals surface area contributed by atoms with E-state index in [-0.39, 0.29) is 0 Å². The topological polar surface area (TPSA) is 84.2 Å². The number of aromatic nitrogens is 2. The number of carbonyl (C=O) groups excluding carboxylic acids is 1. The quantitative estimate of drug-likeness (QED) is 0.732. The number of rotatable bonds is 6. The standard InChI is InChI=1S/C12H17N3O3/c1-3-4-10(12(17)18)14-11(16)6-5-9-7-8-13-15(9)2/h5-8,10H,3-4H2,1-2H3,(H,14,16)(H,17,18)/b6-5+/t10-/m1/s1. The Morgan fingerprint density at radius 2 is 2.33 bits per heavy atom. The first-order chi connectivity index (χ1) is 8.54. The number of hydrogen-bond acceptors (Lipinski definition) is 3. The summed E-state index contributed by atoms with van der Waals surface area (Å²) in [5, 5.41) is 15.3. The lowest BCUT2D eigenvalue weighted by molar-refractivity contribution is -0.141. The molecule has 6 nitrogen and oxygen atoms in total. The molecule has 2 N–H and O–H groups in total. The van der Waals surface area contributed by atoms with Gasteiger partial charge in [0.15, 0.2) is 0 Å². The minimum atomic E-state index is -1.01. The van der Waals surface area contributed by atoms with E-state index >= 15 is 0 Å². The molecule has 0 saturated carbocycles. The average Bonchev–Trinajstić information content (AvgIpc) is 2.71. The predicted molar refractivity (Wildman–Crippen MR) is 66.7 cm³/mol. The van der Waals surface area contributed by atoms with Crippen LogP contribution in [0.3, 0.4) is 0 Å². The van der Waals surface area contributed by atoms with Crippen LogP contribution in [-0.4, -0.2) is 32.8 Å². The summed E-state index contributed by atoms with van der Waals surface area (Å²) in [4.78, 5) is 22.4. The zero-order valence-electron chi connectivity index (χ0n) is 10.5. The van der Waals surface area contributed by atoms with Gasteiger partial charge in [-0.2, -0.15) is 5.10 Å². The Kier molecular flexibility index (Phi) is 5.10. The van der Waals surface area contributed by atoms with Gasteiger partial charge in [-0.3, -0.25) is 9.48 Å². The van der Waals surface area contributed by atoms with Gasteiger partial charge in [-0.25, -0.2) is 4.79 Å². The molecule has 0 fully saturated rings. The lowest BCUT2D eigenvalue weighted by Crippen LogP contribution is -2.39. The third-order valence-corrected chi connectivity index (χ3v) is 2.46. The SMILES string of the molecule is CCC[C@@H](NC(=O)/C=C/c1ccnn1C)C(=O)O. The third kappa shape index (κ3) is 4.04. The summed E-state index contributed by atoms with van der Waals surface area (Å²) in [5.74, 6) is -1.43. The van der Waals surface area contributed by atoms with Gasteiger partial charge in [-0.05, 0) is 18.6 Å². The number of carbonyl (C=O) groups is 2. The highest BCUT2D eigenvalue weighted by Gasteiger charge is 2.17. The Bertz CT molecular complexity index is 451. The fraction of sp³-hybridized carbons (Fsp3) is 0.417. The molecule has 0 spiro atoms. The summed E-state index contributed by atoms with van der Waals surface area (Å²) in [5.41, 5.74) is 0.771. The molecule has 0 aliphatic heterocycles. The van der Waals surface area contributed by atoms with Crippen molar-refractivity contribution in [3.05, 3.63) is 24.0 Å². The van der Waals surface area contributed by atoms with Crippen molar-refractivity contribution in [3.63, 3.8) is 0 Å². The van der Waals surface area contributed by atoms with Gasteiger partial charge in [0, 0.05) is 19.3 Å². The van der Waals surface area contributed by atoms with Crippen LogP contribution in [0.2, 0.25) is 0 Å². The van der Waals surface area contributed by atoms with Crippen LogP contribution >= 0.6 is 0 Å². The first-order valence-corrected chi connectivity index (χ1v) is 5.74. The van der Waals surface area contributed by atoms with Crippen LogP contribution in [0.25, 0.3) is 6.08 Å². The maximum absolute atomic E-state index is 11.5. The number of aliphatic carboxylic acids is 1. The molecule has 0 aromatic carbocycles. The van der Waals surface area contributed by atoms with Crippen molar-refractivity contribution in [2.75, 3.05) is 0 Å².